The van der Waals surface area contributed by atoms with Crippen molar-refractivity contribution in [2.75, 3.05) is 6.61 Å². The van der Waals surface area contributed by atoms with E-state index < -0.39 is 29.4 Å². The van der Waals surface area contributed by atoms with Crippen LogP contribution in [0.3, 0.4) is 0 Å². The molecular formula is C12H18N2O6. The standard InChI is InChI=1S/C12H18N2O6/c1-12(2,3)13-11(18)19-7-6-10(17)20-14-8(15)4-5-9(14)16/h4-5,15-16H,6-7H2,1-3H3,(H,13,18). The molecule has 0 spiro atoms. The zero-order valence-electron chi connectivity index (χ0n) is 11.5. The van der Waals surface area contributed by atoms with Gasteiger partial charge in [0.25, 0.3) is 0 Å². The summed E-state index contributed by atoms with van der Waals surface area (Å²) in [4.78, 5) is 27.4. The topological polar surface area (TPSA) is 110 Å². The lowest BCUT2D eigenvalue weighted by atomic mass is 10.1. The number of aromatic hydroxyl groups is 2. The monoisotopic (exact) mass is 286 g/mol. The number of nitrogens with one attached hydrogen (secondary N) is 1. The molecule has 0 aliphatic carbocycles. The minimum atomic E-state index is -0.768. The second-order valence-electron chi connectivity index (χ2n) is 5.07. The van der Waals surface area contributed by atoms with Crippen molar-refractivity contribution < 1.29 is 29.4 Å². The molecule has 0 bridgehead atoms. The van der Waals surface area contributed by atoms with Gasteiger partial charge in [-0.2, -0.15) is 0 Å². The predicted octanol–water partition coefficient (Wildman–Crippen LogP) is 0.769. The summed E-state index contributed by atoms with van der Waals surface area (Å²) in [5.74, 6) is -1.60. The van der Waals surface area contributed by atoms with Crippen LogP contribution in [0.2, 0.25) is 0 Å². The van der Waals surface area contributed by atoms with Crippen molar-refractivity contribution in [2.24, 2.45) is 0 Å². The van der Waals surface area contributed by atoms with Gasteiger partial charge in [0.05, 0.1) is 6.42 Å². The number of aromatic nitrogens is 1. The molecular weight excluding hydrogens is 268 g/mol. The zero-order valence-corrected chi connectivity index (χ0v) is 11.5. The molecule has 1 aromatic heterocycles. The molecule has 8 heteroatoms. The minimum Gasteiger partial charge on any atom is -0.492 e. The van der Waals surface area contributed by atoms with Crippen LogP contribution in [0.5, 0.6) is 11.8 Å². The largest absolute Gasteiger partial charge is 0.492 e. The van der Waals surface area contributed by atoms with E-state index in [-0.39, 0.29) is 13.0 Å². The molecule has 0 atom stereocenters. The Morgan fingerprint density at radius 2 is 1.80 bits per heavy atom. The Kier molecular flexibility index (Phi) is 4.84. The SMILES string of the molecule is CC(C)(C)NC(=O)OCCC(=O)On1c(O)ccc1O. The Hall–Kier alpha value is -2.38. The van der Waals surface area contributed by atoms with E-state index in [9.17, 15) is 19.8 Å². The first-order chi connectivity index (χ1) is 9.19. The fourth-order valence-corrected chi connectivity index (χ4v) is 1.21. The summed E-state index contributed by atoms with van der Waals surface area (Å²) < 4.78 is 5.35. The predicted molar refractivity (Wildman–Crippen MR) is 68.2 cm³/mol. The van der Waals surface area contributed by atoms with Crippen LogP contribution in [0.25, 0.3) is 0 Å². The molecule has 0 saturated carbocycles. The van der Waals surface area contributed by atoms with Crippen molar-refractivity contribution in [3.05, 3.63) is 12.1 Å². The third-order valence-corrected chi connectivity index (χ3v) is 2.01. The smallest absolute Gasteiger partial charge is 0.407 e. The van der Waals surface area contributed by atoms with Gasteiger partial charge in [0.2, 0.25) is 11.8 Å². The number of ether oxygens (including phenoxy) is 1. The molecule has 1 amide bonds. The molecule has 3 N–H and O–H groups in total. The van der Waals surface area contributed by atoms with Gasteiger partial charge in [-0.15, -0.1) is 4.73 Å². The maximum absolute atomic E-state index is 11.4. The van der Waals surface area contributed by atoms with E-state index in [4.69, 9.17) is 4.74 Å². The van der Waals surface area contributed by atoms with Gasteiger partial charge in [-0.1, -0.05) is 0 Å². The van der Waals surface area contributed by atoms with E-state index in [1.807, 2.05) is 0 Å². The van der Waals surface area contributed by atoms with Crippen molar-refractivity contribution in [1.29, 1.82) is 0 Å². The van der Waals surface area contributed by atoms with Crippen LogP contribution in [0.1, 0.15) is 27.2 Å². The lowest BCUT2D eigenvalue weighted by Crippen LogP contribution is -2.41. The zero-order chi connectivity index (χ0) is 15.3. The first-order valence-electron chi connectivity index (χ1n) is 5.95. The highest BCUT2D eigenvalue weighted by Gasteiger charge is 2.16. The van der Waals surface area contributed by atoms with Crippen molar-refractivity contribution >= 4 is 12.1 Å². The quantitative estimate of drug-likeness (QED) is 0.754. The lowest BCUT2D eigenvalue weighted by Gasteiger charge is -2.19. The summed E-state index contributed by atoms with van der Waals surface area (Å²) in [6.07, 6.45) is -0.855. The van der Waals surface area contributed by atoms with Gasteiger partial charge in [0, 0.05) is 17.7 Å². The number of nitrogens with zero attached hydrogens (tertiary/aromatic N) is 1. The highest BCUT2D eigenvalue weighted by molar-refractivity contribution is 5.71. The molecule has 20 heavy (non-hydrogen) atoms. The van der Waals surface area contributed by atoms with Crippen molar-refractivity contribution in [3.8, 4) is 11.8 Å². The third-order valence-electron chi connectivity index (χ3n) is 2.01. The summed E-state index contributed by atoms with van der Waals surface area (Å²) in [5, 5.41) is 21.1. The summed E-state index contributed by atoms with van der Waals surface area (Å²) in [6.45, 7) is 5.20. The van der Waals surface area contributed by atoms with Gasteiger partial charge < -0.3 is 25.1 Å². The highest BCUT2D eigenvalue weighted by Crippen LogP contribution is 2.18. The molecule has 0 fully saturated rings. The van der Waals surface area contributed by atoms with Crippen molar-refractivity contribution in [1.82, 2.24) is 10.0 Å². The molecule has 1 aromatic rings. The van der Waals surface area contributed by atoms with Crippen LogP contribution in [0.4, 0.5) is 4.79 Å². The average Bonchev–Trinajstić information content (AvgIpc) is 2.58. The van der Waals surface area contributed by atoms with Gasteiger partial charge in [-0.3, -0.25) is 0 Å². The summed E-state index contributed by atoms with van der Waals surface area (Å²) in [5.41, 5.74) is -0.430. The van der Waals surface area contributed by atoms with E-state index in [1.165, 1.54) is 0 Å². The number of amides is 1. The molecule has 0 aliphatic rings. The van der Waals surface area contributed by atoms with Gasteiger partial charge in [-0.25, -0.2) is 9.59 Å². The molecule has 0 aromatic carbocycles. The van der Waals surface area contributed by atoms with E-state index in [1.54, 1.807) is 20.8 Å². The molecule has 0 unspecified atom stereocenters. The number of carbonyl (C=O) groups excluding carboxylic acids is 2. The fourth-order valence-electron chi connectivity index (χ4n) is 1.21. The van der Waals surface area contributed by atoms with Crippen LogP contribution in [0, 0.1) is 0 Å². The first kappa shape index (κ1) is 15.7. The van der Waals surface area contributed by atoms with E-state index >= 15 is 0 Å². The maximum atomic E-state index is 11.4. The third kappa shape index (κ3) is 5.09. The molecule has 0 aliphatic heterocycles. The molecule has 0 saturated heterocycles. The molecule has 8 nitrogen and oxygen atoms in total. The van der Waals surface area contributed by atoms with Crippen molar-refractivity contribution in [2.45, 2.75) is 32.7 Å². The Morgan fingerprint density at radius 3 is 2.30 bits per heavy atom. The highest BCUT2D eigenvalue weighted by atomic mass is 16.7. The van der Waals surface area contributed by atoms with Crippen LogP contribution >= 0.6 is 0 Å². The Balaban J connectivity index is 2.33. The number of hydrogen-bond donors (Lipinski definition) is 3. The Morgan fingerprint density at radius 1 is 1.25 bits per heavy atom. The molecule has 0 radical (unpaired) electrons. The number of alkyl carbamates (subject to hydrolysis) is 1. The molecule has 112 valence electrons. The fraction of sp³-hybridized carbons (Fsp3) is 0.500. The normalized spacial score (nSPS) is 10.9. The Labute approximate surface area is 115 Å². The second kappa shape index (κ2) is 6.18. The van der Waals surface area contributed by atoms with Gasteiger partial charge in [-0.05, 0) is 20.8 Å². The molecule has 1 rings (SSSR count). The van der Waals surface area contributed by atoms with Crippen LogP contribution < -0.4 is 10.2 Å². The number of rotatable bonds is 4. The first-order valence-corrected chi connectivity index (χ1v) is 5.95. The second-order valence-corrected chi connectivity index (χ2v) is 5.07. The number of carbonyl (C=O) groups is 2. The van der Waals surface area contributed by atoms with Gasteiger partial charge in [0.1, 0.15) is 6.61 Å². The van der Waals surface area contributed by atoms with E-state index in [2.05, 4.69) is 10.2 Å². The Bertz CT molecular complexity index is 469. The van der Waals surface area contributed by atoms with E-state index in [0.717, 1.165) is 12.1 Å². The molecule has 1 heterocycles. The maximum Gasteiger partial charge on any atom is 0.407 e. The van der Waals surface area contributed by atoms with Crippen molar-refractivity contribution in [3.63, 3.8) is 0 Å². The van der Waals surface area contributed by atoms with E-state index in [0.29, 0.717) is 4.73 Å². The average molecular weight is 286 g/mol. The van der Waals surface area contributed by atoms with Crippen LogP contribution in [-0.4, -0.2) is 39.2 Å². The summed E-state index contributed by atoms with van der Waals surface area (Å²) in [6, 6.07) is 2.33. The number of hydrogen-bond acceptors (Lipinski definition) is 6. The minimum absolute atomic E-state index is 0.177. The van der Waals surface area contributed by atoms with Gasteiger partial charge in [0.15, 0.2) is 0 Å². The van der Waals surface area contributed by atoms with Crippen LogP contribution in [-0.2, 0) is 9.53 Å². The summed E-state index contributed by atoms with van der Waals surface area (Å²) in [7, 11) is 0. The van der Waals surface area contributed by atoms with Crippen LogP contribution in [0.15, 0.2) is 12.1 Å². The lowest BCUT2D eigenvalue weighted by molar-refractivity contribution is -0.146. The summed E-state index contributed by atoms with van der Waals surface area (Å²) >= 11 is 0. The van der Waals surface area contributed by atoms with Gasteiger partial charge >= 0.3 is 12.1 Å².